The number of ether oxygens (including phenoxy) is 2. The lowest BCUT2D eigenvalue weighted by Gasteiger charge is -2.33. The van der Waals surface area contributed by atoms with Crippen LogP contribution in [-0.4, -0.2) is 90.2 Å². The van der Waals surface area contributed by atoms with Crippen molar-refractivity contribution in [1.82, 2.24) is 25.4 Å². The second-order valence-corrected chi connectivity index (χ2v) is 11.7. The number of amides is 3. The number of rotatable bonds is 11. The number of likely N-dealkylation sites (tertiary alicyclic amines) is 2. The Morgan fingerprint density at radius 3 is 2.49 bits per heavy atom. The van der Waals surface area contributed by atoms with Gasteiger partial charge in [0.1, 0.15) is 17.7 Å². The minimum atomic E-state index is -0.865. The predicted molar refractivity (Wildman–Crippen MR) is 164 cm³/mol. The Labute approximate surface area is 256 Å². The topological polar surface area (TPSA) is 113 Å². The number of carbonyl (C=O) groups is 3. The van der Waals surface area contributed by atoms with Crippen LogP contribution in [0.15, 0.2) is 66.0 Å². The smallest absolute Gasteiger partial charge is 0.410 e. The van der Waals surface area contributed by atoms with Gasteiger partial charge in [-0.3, -0.25) is 9.59 Å². The van der Waals surface area contributed by atoms with E-state index in [1.54, 1.807) is 18.9 Å². The molecule has 0 bridgehead atoms. The molecule has 1 aromatic heterocycles. The molecular formula is C32H39N5O5S. The molecule has 10 nitrogen and oxygen atoms in total. The highest BCUT2D eigenvalue weighted by molar-refractivity contribution is 7.10. The highest BCUT2D eigenvalue weighted by Crippen LogP contribution is 2.43. The van der Waals surface area contributed by atoms with E-state index in [4.69, 9.17) is 14.5 Å². The zero-order chi connectivity index (χ0) is 30.3. The number of hydrogen-bond acceptors (Lipinski definition) is 8. The Bertz CT molecular complexity index is 1390. The quantitative estimate of drug-likeness (QED) is 0.343. The van der Waals surface area contributed by atoms with Crippen molar-refractivity contribution in [3.05, 3.63) is 76.6 Å². The molecule has 11 heteroatoms. The zero-order valence-electron chi connectivity index (χ0n) is 24.8. The summed E-state index contributed by atoms with van der Waals surface area (Å²) in [5.74, 6) is -0.717. The van der Waals surface area contributed by atoms with E-state index in [0.717, 1.165) is 21.8 Å². The molecule has 5 atom stereocenters. The minimum absolute atomic E-state index is 0.0831. The van der Waals surface area contributed by atoms with Crippen molar-refractivity contribution in [3.63, 3.8) is 0 Å². The molecule has 43 heavy (non-hydrogen) atoms. The molecule has 3 aromatic rings. The first-order chi connectivity index (χ1) is 20.9. The molecular weight excluding hydrogens is 566 g/mol. The highest BCUT2D eigenvalue weighted by atomic mass is 32.1. The third-order valence-corrected chi connectivity index (χ3v) is 9.05. The first-order valence-corrected chi connectivity index (χ1v) is 15.6. The number of nitrogens with zero attached hydrogens (tertiary/aromatic N) is 3. The first-order valence-electron chi connectivity index (χ1n) is 14.8. The van der Waals surface area contributed by atoms with Gasteiger partial charge in [0, 0.05) is 30.6 Å². The third-order valence-electron chi connectivity index (χ3n) is 8.08. The molecule has 3 heterocycles. The Balaban J connectivity index is 1.43. The number of hydrogen-bond donors (Lipinski definition) is 2. The fourth-order valence-corrected chi connectivity index (χ4v) is 7.04. The fourth-order valence-electron chi connectivity index (χ4n) is 6.08. The van der Waals surface area contributed by atoms with Gasteiger partial charge < -0.3 is 29.9 Å². The van der Waals surface area contributed by atoms with Crippen molar-refractivity contribution in [1.29, 1.82) is 0 Å². The number of nitrogens with one attached hydrogen (secondary N) is 2. The van der Waals surface area contributed by atoms with Crippen molar-refractivity contribution >= 4 is 29.2 Å². The molecule has 0 aliphatic carbocycles. The summed E-state index contributed by atoms with van der Waals surface area (Å²) in [5.41, 5.74) is 2.78. The number of carbonyl (C=O) groups excluding carboxylic acids is 3. The van der Waals surface area contributed by atoms with Gasteiger partial charge in [0.25, 0.3) is 0 Å². The maximum absolute atomic E-state index is 14.2. The standard InChI is InChI=1S/C32H39N5O5S/c1-4-41-21(2)28(35-27(38)17-33-3)31(39)36-16-15-26-29(36)24(30-34-25(20-43-30)23-13-9-6-10-14-23)18-37(26)32(40)42-19-22-11-7-5-8-12-22/h5-14,20-21,24,26,28-29,33H,4,15-19H2,1-3H3,(H,35,38). The molecule has 0 spiro atoms. The van der Waals surface area contributed by atoms with Crippen molar-refractivity contribution in [2.45, 2.75) is 57.0 Å². The number of thiazole rings is 1. The molecule has 228 valence electrons. The summed E-state index contributed by atoms with van der Waals surface area (Å²) in [7, 11) is 1.68. The molecule has 5 unspecified atom stereocenters. The predicted octanol–water partition coefficient (Wildman–Crippen LogP) is 3.64. The second kappa shape index (κ2) is 14.1. The van der Waals surface area contributed by atoms with Gasteiger partial charge >= 0.3 is 6.09 Å². The number of fused-ring (bicyclic) bond motifs is 1. The van der Waals surface area contributed by atoms with Crippen molar-refractivity contribution in [2.24, 2.45) is 0 Å². The van der Waals surface area contributed by atoms with Gasteiger partial charge in [-0.05, 0) is 32.9 Å². The monoisotopic (exact) mass is 605 g/mol. The number of benzene rings is 2. The minimum Gasteiger partial charge on any atom is -0.445 e. The van der Waals surface area contributed by atoms with Gasteiger partial charge in [-0.25, -0.2) is 9.78 Å². The first kappa shape index (κ1) is 30.7. The van der Waals surface area contributed by atoms with Crippen LogP contribution in [0.3, 0.4) is 0 Å². The number of likely N-dealkylation sites (N-methyl/N-ethyl adjacent to an activating group) is 1. The molecule has 2 aromatic carbocycles. The summed E-state index contributed by atoms with van der Waals surface area (Å²) in [6.45, 7) is 5.14. The maximum atomic E-state index is 14.2. The zero-order valence-corrected chi connectivity index (χ0v) is 25.6. The van der Waals surface area contributed by atoms with E-state index < -0.39 is 18.2 Å². The summed E-state index contributed by atoms with van der Waals surface area (Å²) in [6, 6.07) is 18.1. The maximum Gasteiger partial charge on any atom is 0.410 e. The van der Waals surface area contributed by atoms with Crippen molar-refractivity contribution < 1.29 is 23.9 Å². The van der Waals surface area contributed by atoms with Crippen LogP contribution in [0, 0.1) is 0 Å². The van der Waals surface area contributed by atoms with Crippen LogP contribution in [0.4, 0.5) is 4.79 Å². The van der Waals surface area contributed by atoms with Crippen LogP contribution in [0.1, 0.15) is 36.8 Å². The van der Waals surface area contributed by atoms with E-state index in [1.807, 2.05) is 77.9 Å². The van der Waals surface area contributed by atoms with Crippen LogP contribution in [-0.2, 0) is 25.7 Å². The van der Waals surface area contributed by atoms with Crippen LogP contribution in [0.25, 0.3) is 11.3 Å². The molecule has 2 fully saturated rings. The van der Waals surface area contributed by atoms with Gasteiger partial charge in [0.2, 0.25) is 11.8 Å². The molecule has 2 N–H and O–H groups in total. The van der Waals surface area contributed by atoms with Gasteiger partial charge in [0.05, 0.1) is 36.3 Å². The largest absolute Gasteiger partial charge is 0.445 e. The Kier molecular flexibility index (Phi) is 10.1. The van der Waals surface area contributed by atoms with Gasteiger partial charge in [-0.1, -0.05) is 60.7 Å². The summed E-state index contributed by atoms with van der Waals surface area (Å²) in [4.78, 5) is 48.8. The van der Waals surface area contributed by atoms with Gasteiger partial charge in [-0.15, -0.1) is 11.3 Å². The van der Waals surface area contributed by atoms with Crippen molar-refractivity contribution in [2.75, 3.05) is 33.3 Å². The molecule has 0 saturated carbocycles. The van der Waals surface area contributed by atoms with Crippen LogP contribution in [0.5, 0.6) is 0 Å². The molecule has 2 aliphatic heterocycles. The number of aromatic nitrogens is 1. The van der Waals surface area contributed by atoms with Gasteiger partial charge in [0.15, 0.2) is 0 Å². The fraction of sp³-hybridized carbons (Fsp3) is 0.438. The third kappa shape index (κ3) is 6.90. The Morgan fingerprint density at radius 2 is 1.79 bits per heavy atom. The van der Waals surface area contributed by atoms with E-state index >= 15 is 0 Å². The summed E-state index contributed by atoms with van der Waals surface area (Å²) >= 11 is 1.54. The van der Waals surface area contributed by atoms with Gasteiger partial charge in [-0.2, -0.15) is 0 Å². The molecule has 2 aliphatic rings. The summed E-state index contributed by atoms with van der Waals surface area (Å²) < 4.78 is 11.5. The van der Waals surface area contributed by atoms with E-state index in [1.165, 1.54) is 11.3 Å². The summed E-state index contributed by atoms with van der Waals surface area (Å²) in [5, 5.41) is 8.59. The lowest BCUT2D eigenvalue weighted by atomic mass is 9.99. The SMILES string of the molecule is CCOC(C)C(NC(=O)CNC)C(=O)N1CCC2C1C(c1nc(-c3ccccc3)cs1)CN2C(=O)OCc1ccccc1. The Morgan fingerprint density at radius 1 is 1.07 bits per heavy atom. The lowest BCUT2D eigenvalue weighted by molar-refractivity contribution is -0.141. The second-order valence-electron chi connectivity index (χ2n) is 10.9. The van der Waals surface area contributed by atoms with E-state index in [0.29, 0.717) is 26.1 Å². The van der Waals surface area contributed by atoms with Crippen LogP contribution < -0.4 is 10.6 Å². The van der Waals surface area contributed by atoms with E-state index in [2.05, 4.69) is 10.6 Å². The molecule has 5 rings (SSSR count). The Hall–Kier alpha value is -3.80. The average molecular weight is 606 g/mol. The van der Waals surface area contributed by atoms with Crippen LogP contribution >= 0.6 is 11.3 Å². The van der Waals surface area contributed by atoms with E-state index in [9.17, 15) is 14.4 Å². The molecule has 3 amide bonds. The lowest BCUT2D eigenvalue weighted by Crippen LogP contribution is -2.57. The summed E-state index contributed by atoms with van der Waals surface area (Å²) in [6.07, 6.45) is -0.337. The van der Waals surface area contributed by atoms with Crippen molar-refractivity contribution in [3.8, 4) is 11.3 Å². The highest BCUT2D eigenvalue weighted by Gasteiger charge is 2.54. The normalized spacial score (nSPS) is 20.9. The average Bonchev–Trinajstić information content (AvgIpc) is 3.76. The van der Waals surface area contributed by atoms with Crippen LogP contribution in [0.2, 0.25) is 0 Å². The van der Waals surface area contributed by atoms with E-state index in [-0.39, 0.29) is 43.0 Å². The molecule has 0 radical (unpaired) electrons. The molecule has 2 saturated heterocycles.